The van der Waals surface area contributed by atoms with Gasteiger partial charge in [0.1, 0.15) is 17.0 Å². The molecule has 5 heteroatoms. The van der Waals surface area contributed by atoms with Crippen LogP contribution in [0.1, 0.15) is 80.1 Å². The monoisotopic (exact) mass is 573 g/mol. The van der Waals surface area contributed by atoms with E-state index < -0.39 is 5.54 Å². The topological polar surface area (TPSA) is 36.0 Å². The molecule has 2 aliphatic heterocycles. The van der Waals surface area contributed by atoms with Crippen molar-refractivity contribution in [3.63, 3.8) is 0 Å². The average molecular weight is 574 g/mol. The molecule has 0 bridgehead atoms. The summed E-state index contributed by atoms with van der Waals surface area (Å²) in [6.07, 6.45) is 3.35. The Hall–Kier alpha value is -4.25. The molecule has 6 rings (SSSR count). The van der Waals surface area contributed by atoms with Crippen molar-refractivity contribution >= 4 is 23.0 Å². The van der Waals surface area contributed by atoms with Gasteiger partial charge in [0.25, 0.3) is 5.91 Å². The Morgan fingerprint density at radius 3 is 1.77 bits per heavy atom. The van der Waals surface area contributed by atoms with Crippen LogP contribution in [0, 0.1) is 0 Å². The molecular weight excluding hydrogens is 530 g/mol. The van der Waals surface area contributed by atoms with E-state index >= 15 is 0 Å². The minimum Gasteiger partial charge on any atom is -0.456 e. The number of hydrogen-bond donors (Lipinski definition) is 0. The largest absolute Gasteiger partial charge is 0.456 e. The first-order chi connectivity index (χ1) is 21.0. The number of benzene rings is 4. The molecule has 0 saturated heterocycles. The van der Waals surface area contributed by atoms with E-state index in [-0.39, 0.29) is 5.91 Å². The zero-order chi connectivity index (χ0) is 30.1. The van der Waals surface area contributed by atoms with Crippen LogP contribution in [-0.4, -0.2) is 32.1 Å². The first-order valence-corrected chi connectivity index (χ1v) is 16.0. The molecule has 1 spiro atoms. The molecule has 222 valence electrons. The van der Waals surface area contributed by atoms with Crippen molar-refractivity contribution in [3.8, 4) is 11.5 Å². The molecule has 0 aromatic heterocycles. The Morgan fingerprint density at radius 1 is 0.674 bits per heavy atom. The van der Waals surface area contributed by atoms with Gasteiger partial charge in [-0.25, -0.2) is 0 Å². The summed E-state index contributed by atoms with van der Waals surface area (Å²) >= 11 is 0. The lowest BCUT2D eigenvalue weighted by Crippen LogP contribution is -2.47. The Kier molecular flexibility index (Phi) is 7.91. The summed E-state index contributed by atoms with van der Waals surface area (Å²) in [6, 6.07) is 29.8. The van der Waals surface area contributed by atoms with Gasteiger partial charge in [0.2, 0.25) is 0 Å². The number of hydrogen-bond acceptors (Lipinski definition) is 4. The van der Waals surface area contributed by atoms with Gasteiger partial charge in [0, 0.05) is 77.6 Å². The third kappa shape index (κ3) is 4.57. The van der Waals surface area contributed by atoms with Crippen molar-refractivity contribution in [2.75, 3.05) is 40.9 Å². The molecule has 0 N–H and O–H groups in total. The number of anilines is 3. The second-order valence-electron chi connectivity index (χ2n) is 11.5. The van der Waals surface area contributed by atoms with Gasteiger partial charge in [0.15, 0.2) is 0 Å². The highest BCUT2D eigenvalue weighted by Crippen LogP contribution is 2.59. The van der Waals surface area contributed by atoms with Gasteiger partial charge in [-0.3, -0.25) is 9.69 Å². The molecule has 43 heavy (non-hydrogen) atoms. The van der Waals surface area contributed by atoms with Gasteiger partial charge in [0.05, 0.1) is 0 Å². The van der Waals surface area contributed by atoms with Crippen molar-refractivity contribution in [1.29, 1.82) is 0 Å². The molecule has 4 aromatic rings. The second-order valence-corrected chi connectivity index (χ2v) is 11.5. The second kappa shape index (κ2) is 11.8. The zero-order valence-corrected chi connectivity index (χ0v) is 26.2. The van der Waals surface area contributed by atoms with Crippen molar-refractivity contribution in [1.82, 2.24) is 0 Å². The molecule has 2 heterocycles. The van der Waals surface area contributed by atoms with Crippen LogP contribution in [0.15, 0.2) is 84.9 Å². The number of aryl methyl sites for hydroxylation is 1. The zero-order valence-electron chi connectivity index (χ0n) is 26.2. The van der Waals surface area contributed by atoms with Crippen LogP contribution in [-0.2, 0) is 12.0 Å². The molecule has 0 atom stereocenters. The third-order valence-electron chi connectivity index (χ3n) is 9.29. The lowest BCUT2D eigenvalue weighted by molar-refractivity contribution is 0.0985. The maximum absolute atomic E-state index is 14.6. The maximum Gasteiger partial charge on any atom is 0.260 e. The molecule has 0 unspecified atom stereocenters. The quantitative estimate of drug-likeness (QED) is 0.190. The van der Waals surface area contributed by atoms with Crippen LogP contribution in [0.2, 0.25) is 0 Å². The Bertz CT molecular complexity index is 1560. The summed E-state index contributed by atoms with van der Waals surface area (Å²) in [5.74, 6) is 1.60. The minimum absolute atomic E-state index is 0.0105. The maximum atomic E-state index is 14.6. The van der Waals surface area contributed by atoms with E-state index in [0.29, 0.717) is 0 Å². The molecule has 1 amide bonds. The molecule has 0 radical (unpaired) electrons. The molecule has 4 aromatic carbocycles. The Labute approximate surface area is 256 Å². The highest BCUT2D eigenvalue weighted by Gasteiger charge is 2.57. The normalized spacial score (nSPS) is 14.3. The van der Waals surface area contributed by atoms with Crippen LogP contribution in [0.4, 0.5) is 17.1 Å². The number of carbonyl (C=O) groups excluding carboxylic acids is 1. The van der Waals surface area contributed by atoms with E-state index in [2.05, 4.69) is 117 Å². The fourth-order valence-corrected chi connectivity index (χ4v) is 7.04. The number of unbranched alkanes of at least 4 members (excludes halogenated alkanes) is 1. The first kappa shape index (κ1) is 28.9. The fourth-order valence-electron chi connectivity index (χ4n) is 7.04. The van der Waals surface area contributed by atoms with Crippen molar-refractivity contribution in [3.05, 3.63) is 113 Å². The van der Waals surface area contributed by atoms with Crippen molar-refractivity contribution in [2.24, 2.45) is 0 Å². The predicted octanol–water partition coefficient (Wildman–Crippen LogP) is 8.78. The molecule has 0 aliphatic carbocycles. The summed E-state index contributed by atoms with van der Waals surface area (Å²) in [5, 5.41) is 0. The van der Waals surface area contributed by atoms with Crippen LogP contribution >= 0.6 is 0 Å². The molecule has 5 nitrogen and oxygen atoms in total. The van der Waals surface area contributed by atoms with Gasteiger partial charge in [-0.15, -0.1) is 0 Å². The van der Waals surface area contributed by atoms with Gasteiger partial charge in [-0.2, -0.15) is 0 Å². The lowest BCUT2D eigenvalue weighted by atomic mass is 9.74. The lowest BCUT2D eigenvalue weighted by Gasteiger charge is -2.44. The van der Waals surface area contributed by atoms with Crippen molar-refractivity contribution < 1.29 is 9.53 Å². The van der Waals surface area contributed by atoms with E-state index in [9.17, 15) is 4.79 Å². The van der Waals surface area contributed by atoms with Gasteiger partial charge in [-0.05, 0) is 76.4 Å². The summed E-state index contributed by atoms with van der Waals surface area (Å²) in [4.78, 5) is 21.2. The Balaban J connectivity index is 1.64. The van der Waals surface area contributed by atoms with E-state index in [0.717, 1.165) is 96.3 Å². The Morgan fingerprint density at radius 2 is 1.23 bits per heavy atom. The molecule has 0 saturated carbocycles. The van der Waals surface area contributed by atoms with Crippen LogP contribution in [0.25, 0.3) is 0 Å². The molecule has 2 aliphatic rings. The van der Waals surface area contributed by atoms with E-state index in [1.54, 1.807) is 0 Å². The average Bonchev–Trinajstić information content (AvgIpc) is 3.30. The SMILES string of the molecule is CCCCc1ccc(N2C(=O)c3ccccc3C23c2ccc(N(CC)CC)cc2Oc2cc(N(CC)CC)ccc23)cc1. The summed E-state index contributed by atoms with van der Waals surface area (Å²) in [6.45, 7) is 14.5. The van der Waals surface area contributed by atoms with Gasteiger partial charge in [-0.1, -0.05) is 55.8 Å². The van der Waals surface area contributed by atoms with E-state index in [1.807, 2.05) is 17.0 Å². The number of amides is 1. The smallest absolute Gasteiger partial charge is 0.260 e. The summed E-state index contributed by atoms with van der Waals surface area (Å²) in [7, 11) is 0. The minimum atomic E-state index is -0.870. The molecule has 0 fully saturated rings. The van der Waals surface area contributed by atoms with Gasteiger partial charge >= 0.3 is 0 Å². The van der Waals surface area contributed by atoms with E-state index in [4.69, 9.17) is 4.74 Å². The predicted molar refractivity (Wildman–Crippen MR) is 178 cm³/mol. The first-order valence-electron chi connectivity index (χ1n) is 16.0. The fraction of sp³-hybridized carbons (Fsp3) is 0.342. The number of fused-ring (bicyclic) bond motifs is 6. The number of carbonyl (C=O) groups is 1. The number of ether oxygens (including phenoxy) is 1. The number of rotatable bonds is 10. The number of nitrogens with zero attached hydrogens (tertiary/aromatic N) is 3. The van der Waals surface area contributed by atoms with Crippen molar-refractivity contribution in [2.45, 2.75) is 59.4 Å². The van der Waals surface area contributed by atoms with E-state index in [1.165, 1.54) is 5.56 Å². The highest BCUT2D eigenvalue weighted by atomic mass is 16.5. The summed E-state index contributed by atoms with van der Waals surface area (Å²) < 4.78 is 6.83. The van der Waals surface area contributed by atoms with Crippen LogP contribution in [0.5, 0.6) is 11.5 Å². The van der Waals surface area contributed by atoms with Crippen LogP contribution < -0.4 is 19.4 Å². The van der Waals surface area contributed by atoms with Crippen LogP contribution in [0.3, 0.4) is 0 Å². The standard InChI is InChI=1S/C38H43N3O2/c1-6-11-14-27-17-19-28(20-18-27)41-37(42)31-15-12-13-16-32(31)38(41)33-23-21-29(39(7-2)8-3)25-35(33)43-36-26-30(22-24-34(36)38)40(9-4)10-5/h12-13,15-26H,6-11,14H2,1-5H3. The third-order valence-corrected chi connectivity index (χ3v) is 9.29. The molecular formula is C38H43N3O2. The summed E-state index contributed by atoms with van der Waals surface area (Å²) in [5.41, 5.74) is 7.25. The van der Waals surface area contributed by atoms with Gasteiger partial charge < -0.3 is 14.5 Å². The highest BCUT2D eigenvalue weighted by molar-refractivity contribution is 6.14.